The van der Waals surface area contributed by atoms with Gasteiger partial charge in [0.1, 0.15) is 11.7 Å². The standard InChI is InChI=1S/C16H17F3N4/c1-9-6-10(2)23-15(21)13(9)14(20)22-8-11-4-3-5-12(7-11)16(17,18)19/h3-7H,8H2,1-2H3,(H2,20,22)(H2,21,23). The van der Waals surface area contributed by atoms with Crippen molar-refractivity contribution in [3.8, 4) is 0 Å². The first-order valence-electron chi connectivity index (χ1n) is 6.88. The Morgan fingerprint density at radius 3 is 2.52 bits per heavy atom. The molecule has 2 rings (SSSR count). The summed E-state index contributed by atoms with van der Waals surface area (Å²) in [4.78, 5) is 8.27. The van der Waals surface area contributed by atoms with Crippen molar-refractivity contribution in [2.75, 3.05) is 5.73 Å². The minimum atomic E-state index is -4.38. The van der Waals surface area contributed by atoms with Crippen LogP contribution in [0.1, 0.15) is 27.9 Å². The van der Waals surface area contributed by atoms with Gasteiger partial charge in [0.25, 0.3) is 0 Å². The van der Waals surface area contributed by atoms with Gasteiger partial charge < -0.3 is 11.5 Å². The number of alkyl halides is 3. The number of nitrogen functional groups attached to an aromatic ring is 1. The van der Waals surface area contributed by atoms with Gasteiger partial charge in [0.15, 0.2) is 0 Å². The first-order valence-corrected chi connectivity index (χ1v) is 6.88. The fourth-order valence-corrected chi connectivity index (χ4v) is 2.30. The van der Waals surface area contributed by atoms with E-state index in [9.17, 15) is 13.2 Å². The molecule has 1 aromatic carbocycles. The lowest BCUT2D eigenvalue weighted by molar-refractivity contribution is -0.137. The Kier molecular flexibility index (Phi) is 4.58. The van der Waals surface area contributed by atoms with E-state index >= 15 is 0 Å². The molecule has 0 unspecified atom stereocenters. The molecule has 4 nitrogen and oxygen atoms in total. The second kappa shape index (κ2) is 6.28. The Balaban J connectivity index is 2.27. The van der Waals surface area contributed by atoms with E-state index in [-0.39, 0.29) is 18.2 Å². The first kappa shape index (κ1) is 16.8. The van der Waals surface area contributed by atoms with Gasteiger partial charge >= 0.3 is 6.18 Å². The Morgan fingerprint density at radius 2 is 1.91 bits per heavy atom. The number of pyridine rings is 1. The average molecular weight is 322 g/mol. The van der Waals surface area contributed by atoms with Crippen LogP contribution in [0.15, 0.2) is 35.3 Å². The van der Waals surface area contributed by atoms with Crippen molar-refractivity contribution < 1.29 is 13.2 Å². The van der Waals surface area contributed by atoms with Crippen LogP contribution in [0, 0.1) is 13.8 Å². The third kappa shape index (κ3) is 4.00. The molecule has 0 spiro atoms. The van der Waals surface area contributed by atoms with Crippen molar-refractivity contribution >= 4 is 11.7 Å². The van der Waals surface area contributed by atoms with E-state index in [1.807, 2.05) is 19.9 Å². The molecule has 0 saturated heterocycles. The second-order valence-corrected chi connectivity index (χ2v) is 5.24. The van der Waals surface area contributed by atoms with Gasteiger partial charge in [0, 0.05) is 5.69 Å². The van der Waals surface area contributed by atoms with E-state index in [1.54, 1.807) is 6.07 Å². The minimum absolute atomic E-state index is 0.0303. The van der Waals surface area contributed by atoms with Crippen LogP contribution in [0.5, 0.6) is 0 Å². The molecule has 4 N–H and O–H groups in total. The van der Waals surface area contributed by atoms with Gasteiger partial charge in [-0.25, -0.2) is 4.98 Å². The molecule has 0 aliphatic heterocycles. The van der Waals surface area contributed by atoms with Crippen LogP contribution in [0.3, 0.4) is 0 Å². The molecule has 0 aliphatic carbocycles. The smallest absolute Gasteiger partial charge is 0.383 e. The van der Waals surface area contributed by atoms with E-state index in [1.165, 1.54) is 6.07 Å². The summed E-state index contributed by atoms with van der Waals surface area (Å²) >= 11 is 0. The Morgan fingerprint density at radius 1 is 1.22 bits per heavy atom. The van der Waals surface area contributed by atoms with Gasteiger partial charge in [-0.2, -0.15) is 13.2 Å². The van der Waals surface area contributed by atoms with E-state index in [2.05, 4.69) is 9.98 Å². The summed E-state index contributed by atoms with van der Waals surface area (Å²) in [5, 5.41) is 0. The topological polar surface area (TPSA) is 77.3 Å². The lowest BCUT2D eigenvalue weighted by atomic mass is 10.1. The van der Waals surface area contributed by atoms with E-state index in [0.717, 1.165) is 23.4 Å². The summed E-state index contributed by atoms with van der Waals surface area (Å²) in [5.74, 6) is 0.415. The van der Waals surface area contributed by atoms with Crippen molar-refractivity contribution in [2.24, 2.45) is 10.7 Å². The monoisotopic (exact) mass is 322 g/mol. The fraction of sp³-hybridized carbons (Fsp3) is 0.250. The fourth-order valence-electron chi connectivity index (χ4n) is 2.30. The number of amidine groups is 1. The number of hydrogen-bond acceptors (Lipinski definition) is 3. The van der Waals surface area contributed by atoms with Crippen LogP contribution >= 0.6 is 0 Å². The zero-order valence-electron chi connectivity index (χ0n) is 12.8. The average Bonchev–Trinajstić information content (AvgIpc) is 2.43. The lowest BCUT2D eigenvalue weighted by Gasteiger charge is -2.10. The van der Waals surface area contributed by atoms with Crippen molar-refractivity contribution in [3.63, 3.8) is 0 Å². The largest absolute Gasteiger partial charge is 0.416 e. The summed E-state index contributed by atoms with van der Waals surface area (Å²) < 4.78 is 38.1. The van der Waals surface area contributed by atoms with Gasteiger partial charge in [-0.3, -0.25) is 4.99 Å². The summed E-state index contributed by atoms with van der Waals surface area (Å²) in [5.41, 5.74) is 13.6. The van der Waals surface area contributed by atoms with E-state index in [0.29, 0.717) is 11.1 Å². The second-order valence-electron chi connectivity index (χ2n) is 5.24. The highest BCUT2D eigenvalue weighted by Crippen LogP contribution is 2.29. The number of nitrogens with two attached hydrogens (primary N) is 2. The zero-order valence-corrected chi connectivity index (χ0v) is 12.8. The predicted molar refractivity (Wildman–Crippen MR) is 84.0 cm³/mol. The van der Waals surface area contributed by atoms with Crippen molar-refractivity contribution in [2.45, 2.75) is 26.6 Å². The summed E-state index contributed by atoms with van der Waals surface area (Å²) in [6, 6.07) is 6.80. The summed E-state index contributed by atoms with van der Waals surface area (Å²) in [6.45, 7) is 3.67. The first-order chi connectivity index (χ1) is 10.7. The highest BCUT2D eigenvalue weighted by atomic mass is 19.4. The molecular formula is C16H17F3N4. The molecule has 7 heteroatoms. The minimum Gasteiger partial charge on any atom is -0.383 e. The normalized spacial score (nSPS) is 12.5. The van der Waals surface area contributed by atoms with Crippen molar-refractivity contribution in [1.82, 2.24) is 4.98 Å². The molecule has 23 heavy (non-hydrogen) atoms. The number of nitrogens with zero attached hydrogens (tertiary/aromatic N) is 2. The predicted octanol–water partition coefficient (Wildman–Crippen LogP) is 3.20. The number of aryl methyl sites for hydroxylation is 2. The van der Waals surface area contributed by atoms with Crippen LogP contribution < -0.4 is 11.5 Å². The third-order valence-corrected chi connectivity index (χ3v) is 3.32. The Hall–Kier alpha value is -2.57. The number of benzene rings is 1. The number of rotatable bonds is 3. The van der Waals surface area contributed by atoms with Gasteiger partial charge in [-0.05, 0) is 43.2 Å². The van der Waals surface area contributed by atoms with Crippen molar-refractivity contribution in [3.05, 3.63) is 58.3 Å². The van der Waals surface area contributed by atoms with Crippen molar-refractivity contribution in [1.29, 1.82) is 0 Å². The maximum atomic E-state index is 12.7. The van der Waals surface area contributed by atoms with E-state index < -0.39 is 11.7 Å². The number of aliphatic imine (C=N–C) groups is 1. The van der Waals surface area contributed by atoms with Gasteiger partial charge in [-0.1, -0.05) is 12.1 Å². The maximum absolute atomic E-state index is 12.7. The van der Waals surface area contributed by atoms with Gasteiger partial charge in [0.05, 0.1) is 17.7 Å². The lowest BCUT2D eigenvalue weighted by Crippen LogP contribution is -2.18. The molecule has 1 heterocycles. The number of hydrogen-bond donors (Lipinski definition) is 2. The molecule has 0 amide bonds. The highest BCUT2D eigenvalue weighted by molar-refractivity contribution is 6.02. The molecule has 0 fully saturated rings. The third-order valence-electron chi connectivity index (χ3n) is 3.32. The van der Waals surface area contributed by atoms with Gasteiger partial charge in [-0.15, -0.1) is 0 Å². The number of aromatic nitrogens is 1. The molecule has 0 bridgehead atoms. The van der Waals surface area contributed by atoms with Crippen LogP contribution in [0.2, 0.25) is 0 Å². The molecule has 0 atom stereocenters. The summed E-state index contributed by atoms with van der Waals surface area (Å²) in [7, 11) is 0. The Labute approximate surface area is 132 Å². The van der Waals surface area contributed by atoms with Crippen LogP contribution in [-0.2, 0) is 12.7 Å². The molecule has 2 aromatic rings. The number of halogens is 3. The summed E-state index contributed by atoms with van der Waals surface area (Å²) in [6.07, 6.45) is -4.38. The molecule has 0 saturated carbocycles. The maximum Gasteiger partial charge on any atom is 0.416 e. The SMILES string of the molecule is Cc1cc(C)c(C(N)=NCc2cccc(C(F)(F)F)c2)c(N)n1. The number of anilines is 1. The van der Waals surface area contributed by atoms with Crippen LogP contribution in [-0.4, -0.2) is 10.8 Å². The highest BCUT2D eigenvalue weighted by Gasteiger charge is 2.30. The molecule has 1 aromatic heterocycles. The van der Waals surface area contributed by atoms with Crippen LogP contribution in [0.4, 0.5) is 19.0 Å². The molecule has 0 radical (unpaired) electrons. The Bertz CT molecular complexity index is 728. The van der Waals surface area contributed by atoms with Crippen LogP contribution in [0.25, 0.3) is 0 Å². The molecule has 122 valence electrons. The van der Waals surface area contributed by atoms with Gasteiger partial charge in [0.2, 0.25) is 0 Å². The molecule has 0 aliphatic rings. The zero-order chi connectivity index (χ0) is 17.2. The molecular weight excluding hydrogens is 305 g/mol. The quantitative estimate of drug-likeness (QED) is 0.673. The van der Waals surface area contributed by atoms with E-state index in [4.69, 9.17) is 11.5 Å².